The third kappa shape index (κ3) is 3.13. The first-order valence-electron chi connectivity index (χ1n) is 5.14. The molecule has 92 valence electrons. The quantitative estimate of drug-likeness (QED) is 0.670. The van der Waals surface area contributed by atoms with Crippen molar-refractivity contribution in [1.82, 2.24) is 20.2 Å². The second-order valence-corrected chi connectivity index (χ2v) is 4.66. The molecule has 0 atom stereocenters. The largest absolute Gasteiger partial charge is 0.288 e. The van der Waals surface area contributed by atoms with E-state index < -0.39 is 0 Å². The Labute approximate surface area is 117 Å². The van der Waals surface area contributed by atoms with Gasteiger partial charge in [-0.1, -0.05) is 11.2 Å². The van der Waals surface area contributed by atoms with Gasteiger partial charge in [0.2, 0.25) is 0 Å². The lowest BCUT2D eigenvalue weighted by Crippen LogP contribution is -2.13. The fourth-order valence-corrected chi connectivity index (χ4v) is 1.62. The summed E-state index contributed by atoms with van der Waals surface area (Å²) in [7, 11) is 0. The summed E-state index contributed by atoms with van der Waals surface area (Å²) in [5.41, 5.74) is 0.551. The zero-order valence-electron chi connectivity index (χ0n) is 9.38. The topological polar surface area (TPSA) is 72.7 Å². The zero-order valence-corrected chi connectivity index (χ0v) is 11.5. The standard InChI is InChI=1S/C11H10IN5O/c1-2-7-17-15-11(14-16-17)13-10(18)8-3-5-9(12)6-4-8/h2-6H,1,7H2,(H,13,15,18). The van der Waals surface area contributed by atoms with Gasteiger partial charge in [0.25, 0.3) is 11.9 Å². The number of carbonyl (C=O) groups is 1. The number of benzene rings is 1. The van der Waals surface area contributed by atoms with E-state index in [-0.39, 0.29) is 11.9 Å². The number of rotatable bonds is 4. The van der Waals surface area contributed by atoms with Crippen molar-refractivity contribution in [2.24, 2.45) is 0 Å². The minimum atomic E-state index is -0.260. The number of carbonyl (C=O) groups excluding carboxylic acids is 1. The highest BCUT2D eigenvalue weighted by Gasteiger charge is 2.09. The second kappa shape index (κ2) is 5.71. The van der Waals surface area contributed by atoms with Crippen LogP contribution in [0.15, 0.2) is 36.9 Å². The minimum absolute atomic E-state index is 0.181. The number of tetrazole rings is 1. The normalized spacial score (nSPS) is 10.1. The molecule has 0 fully saturated rings. The Bertz CT molecular complexity index is 563. The van der Waals surface area contributed by atoms with Crippen molar-refractivity contribution in [2.45, 2.75) is 6.54 Å². The molecule has 0 bridgehead atoms. The van der Waals surface area contributed by atoms with Gasteiger partial charge in [-0.25, -0.2) is 0 Å². The smallest absolute Gasteiger partial charge is 0.270 e. The first-order chi connectivity index (χ1) is 8.69. The highest BCUT2D eigenvalue weighted by atomic mass is 127. The molecular weight excluding hydrogens is 345 g/mol. The van der Waals surface area contributed by atoms with Crippen LogP contribution in [0.3, 0.4) is 0 Å². The van der Waals surface area contributed by atoms with E-state index in [4.69, 9.17) is 0 Å². The average Bonchev–Trinajstić information content (AvgIpc) is 2.78. The molecule has 0 saturated heterocycles. The number of anilines is 1. The fraction of sp³-hybridized carbons (Fsp3) is 0.0909. The maximum Gasteiger partial charge on any atom is 0.270 e. The van der Waals surface area contributed by atoms with Crippen molar-refractivity contribution >= 4 is 34.4 Å². The van der Waals surface area contributed by atoms with E-state index in [2.05, 4.69) is 49.9 Å². The van der Waals surface area contributed by atoms with Crippen LogP contribution < -0.4 is 5.32 Å². The van der Waals surface area contributed by atoms with Crippen LogP contribution in [0.5, 0.6) is 0 Å². The minimum Gasteiger partial charge on any atom is -0.288 e. The summed E-state index contributed by atoms with van der Waals surface area (Å²) in [5, 5.41) is 14.0. The predicted octanol–water partition coefficient (Wildman–Crippen LogP) is 1.72. The van der Waals surface area contributed by atoms with Crippen LogP contribution in [0.4, 0.5) is 5.95 Å². The highest BCUT2D eigenvalue weighted by molar-refractivity contribution is 14.1. The second-order valence-electron chi connectivity index (χ2n) is 3.42. The Hall–Kier alpha value is -1.77. The van der Waals surface area contributed by atoms with Gasteiger partial charge in [0.15, 0.2) is 0 Å². The molecule has 18 heavy (non-hydrogen) atoms. The monoisotopic (exact) mass is 355 g/mol. The summed E-state index contributed by atoms with van der Waals surface area (Å²) in [5.74, 6) is -0.0787. The summed E-state index contributed by atoms with van der Waals surface area (Å²) >= 11 is 2.18. The summed E-state index contributed by atoms with van der Waals surface area (Å²) in [4.78, 5) is 13.2. The molecule has 0 spiro atoms. The number of allylic oxidation sites excluding steroid dienone is 1. The molecule has 1 amide bonds. The number of nitrogens with one attached hydrogen (secondary N) is 1. The van der Waals surface area contributed by atoms with E-state index in [1.807, 2.05) is 12.1 Å². The molecule has 7 heteroatoms. The lowest BCUT2D eigenvalue weighted by molar-refractivity contribution is 0.102. The number of aromatic nitrogens is 4. The molecule has 1 heterocycles. The molecule has 0 saturated carbocycles. The van der Waals surface area contributed by atoms with Crippen molar-refractivity contribution in [3.8, 4) is 0 Å². The van der Waals surface area contributed by atoms with E-state index in [1.54, 1.807) is 18.2 Å². The lowest BCUT2D eigenvalue weighted by Gasteiger charge is -2.00. The Balaban J connectivity index is 2.06. The maximum absolute atomic E-state index is 11.8. The predicted molar refractivity (Wildman–Crippen MR) is 75.1 cm³/mol. The van der Waals surface area contributed by atoms with Gasteiger partial charge in [0.05, 0.1) is 6.54 Å². The molecule has 1 N–H and O–H groups in total. The van der Waals surface area contributed by atoms with Gasteiger partial charge in [-0.15, -0.1) is 11.7 Å². The third-order valence-electron chi connectivity index (χ3n) is 2.08. The number of hydrogen-bond acceptors (Lipinski definition) is 4. The number of halogens is 1. The van der Waals surface area contributed by atoms with Crippen molar-refractivity contribution in [3.63, 3.8) is 0 Å². The van der Waals surface area contributed by atoms with Gasteiger partial charge in [0.1, 0.15) is 0 Å². The molecule has 1 aromatic carbocycles. The summed E-state index contributed by atoms with van der Waals surface area (Å²) in [6.45, 7) is 4.02. The highest BCUT2D eigenvalue weighted by Crippen LogP contribution is 2.08. The van der Waals surface area contributed by atoms with E-state index in [1.165, 1.54) is 4.80 Å². The molecule has 0 unspecified atom stereocenters. The van der Waals surface area contributed by atoms with E-state index in [9.17, 15) is 4.79 Å². The van der Waals surface area contributed by atoms with Gasteiger partial charge in [-0.2, -0.15) is 4.80 Å². The van der Waals surface area contributed by atoms with Gasteiger partial charge >= 0.3 is 0 Å². The van der Waals surface area contributed by atoms with Crippen LogP contribution in [0.25, 0.3) is 0 Å². The van der Waals surface area contributed by atoms with Crippen LogP contribution in [0, 0.1) is 3.57 Å². The number of amides is 1. The van der Waals surface area contributed by atoms with E-state index >= 15 is 0 Å². The van der Waals surface area contributed by atoms with Crippen LogP contribution in [0.1, 0.15) is 10.4 Å². The van der Waals surface area contributed by atoms with Crippen LogP contribution in [-0.4, -0.2) is 26.1 Å². The van der Waals surface area contributed by atoms with Gasteiger partial charge in [0, 0.05) is 9.13 Å². The van der Waals surface area contributed by atoms with Gasteiger partial charge in [-0.3, -0.25) is 10.1 Å². The summed E-state index contributed by atoms with van der Waals surface area (Å²) in [6.07, 6.45) is 1.65. The van der Waals surface area contributed by atoms with Crippen molar-refractivity contribution in [2.75, 3.05) is 5.32 Å². The summed E-state index contributed by atoms with van der Waals surface area (Å²) in [6, 6.07) is 7.20. The van der Waals surface area contributed by atoms with Crippen molar-refractivity contribution < 1.29 is 4.79 Å². The molecule has 2 rings (SSSR count). The van der Waals surface area contributed by atoms with Crippen LogP contribution in [-0.2, 0) is 6.54 Å². The maximum atomic E-state index is 11.8. The molecule has 6 nitrogen and oxygen atoms in total. The molecule has 1 aromatic heterocycles. The Morgan fingerprint density at radius 3 is 2.83 bits per heavy atom. The van der Waals surface area contributed by atoms with Crippen LogP contribution >= 0.6 is 22.6 Å². The summed E-state index contributed by atoms with van der Waals surface area (Å²) < 4.78 is 1.07. The fourth-order valence-electron chi connectivity index (χ4n) is 1.26. The van der Waals surface area contributed by atoms with Crippen LogP contribution in [0.2, 0.25) is 0 Å². The first-order valence-corrected chi connectivity index (χ1v) is 6.22. The lowest BCUT2D eigenvalue weighted by atomic mass is 10.2. The molecular formula is C11H10IN5O. The molecule has 0 aliphatic carbocycles. The van der Waals surface area contributed by atoms with Crippen molar-refractivity contribution in [3.05, 3.63) is 46.1 Å². The first kappa shape index (κ1) is 12.7. The number of nitrogens with zero attached hydrogens (tertiary/aromatic N) is 4. The van der Waals surface area contributed by atoms with E-state index in [0.29, 0.717) is 12.1 Å². The Morgan fingerprint density at radius 1 is 1.44 bits per heavy atom. The molecule has 0 aliphatic rings. The van der Waals surface area contributed by atoms with Crippen molar-refractivity contribution in [1.29, 1.82) is 0 Å². The Kier molecular flexibility index (Phi) is 4.03. The number of hydrogen-bond donors (Lipinski definition) is 1. The van der Waals surface area contributed by atoms with Gasteiger partial charge in [-0.05, 0) is 52.1 Å². The SMILES string of the molecule is C=CCn1nnc(NC(=O)c2ccc(I)cc2)n1. The zero-order chi connectivity index (χ0) is 13.0. The Morgan fingerprint density at radius 2 is 2.17 bits per heavy atom. The third-order valence-corrected chi connectivity index (χ3v) is 2.80. The molecule has 0 radical (unpaired) electrons. The average molecular weight is 355 g/mol. The molecule has 2 aromatic rings. The van der Waals surface area contributed by atoms with Gasteiger partial charge < -0.3 is 0 Å². The molecule has 0 aliphatic heterocycles. The van der Waals surface area contributed by atoms with E-state index in [0.717, 1.165) is 3.57 Å².